The zero-order valence-electron chi connectivity index (χ0n) is 17.9. The van der Waals surface area contributed by atoms with E-state index in [-0.39, 0.29) is 12.5 Å². The monoisotopic (exact) mass is 422 g/mol. The molecule has 1 N–H and O–H groups in total. The summed E-state index contributed by atoms with van der Waals surface area (Å²) in [5.74, 6) is -0.815. The number of carbonyl (C=O) groups excluding carboxylic acids is 3. The molecular formula is C24H26N2O5. The number of hydrogen-bond acceptors (Lipinski definition) is 5. The van der Waals surface area contributed by atoms with Gasteiger partial charge in [0, 0.05) is 0 Å². The van der Waals surface area contributed by atoms with Crippen LogP contribution in [0.5, 0.6) is 5.75 Å². The third kappa shape index (κ3) is 4.00. The summed E-state index contributed by atoms with van der Waals surface area (Å²) in [6, 6.07) is 12.9. The SMILES string of the molecule is C[C@H](OC(=O)COc1ccc2c(c1)CCC2)C(=O)N1c2ccccc2NC(=O)C1(C)C. The fourth-order valence-electron chi connectivity index (χ4n) is 4.09. The van der Waals surface area contributed by atoms with Crippen LogP contribution in [0.15, 0.2) is 42.5 Å². The fourth-order valence-corrected chi connectivity index (χ4v) is 4.09. The molecule has 0 bridgehead atoms. The van der Waals surface area contributed by atoms with Crippen molar-refractivity contribution >= 4 is 29.2 Å². The minimum Gasteiger partial charge on any atom is -0.482 e. The zero-order valence-corrected chi connectivity index (χ0v) is 17.9. The van der Waals surface area contributed by atoms with E-state index in [9.17, 15) is 14.4 Å². The van der Waals surface area contributed by atoms with Crippen LogP contribution in [0, 0.1) is 0 Å². The maximum Gasteiger partial charge on any atom is 0.344 e. The van der Waals surface area contributed by atoms with Crippen molar-refractivity contribution in [3.8, 4) is 5.75 Å². The Bertz CT molecular complexity index is 1050. The molecule has 1 aliphatic heterocycles. The number of amides is 2. The van der Waals surface area contributed by atoms with E-state index < -0.39 is 23.5 Å². The lowest BCUT2D eigenvalue weighted by Gasteiger charge is -2.42. The van der Waals surface area contributed by atoms with E-state index in [1.165, 1.54) is 23.0 Å². The standard InChI is InChI=1S/C24H26N2O5/c1-15(31-21(27)14-30-18-12-11-16-7-6-8-17(16)13-18)22(28)26-20-10-5-4-9-19(20)25-23(29)24(26,2)3/h4-5,9-13,15H,6-8,14H2,1-3H3,(H,25,29)/t15-/m0/s1. The van der Waals surface area contributed by atoms with Crippen molar-refractivity contribution in [3.05, 3.63) is 53.6 Å². The van der Waals surface area contributed by atoms with Crippen LogP contribution in [-0.4, -0.2) is 36.0 Å². The van der Waals surface area contributed by atoms with E-state index in [1.54, 1.807) is 38.1 Å². The predicted molar refractivity (Wildman–Crippen MR) is 116 cm³/mol. The maximum absolute atomic E-state index is 13.2. The molecule has 0 saturated carbocycles. The van der Waals surface area contributed by atoms with Gasteiger partial charge in [0.2, 0.25) is 5.91 Å². The third-order valence-corrected chi connectivity index (χ3v) is 5.81. The first-order chi connectivity index (χ1) is 14.8. The summed E-state index contributed by atoms with van der Waals surface area (Å²) < 4.78 is 10.9. The normalized spacial score (nSPS) is 17.3. The molecule has 0 fully saturated rings. The summed E-state index contributed by atoms with van der Waals surface area (Å²) in [4.78, 5) is 39.4. The number of para-hydroxylation sites is 2. The van der Waals surface area contributed by atoms with Crippen molar-refractivity contribution in [1.82, 2.24) is 0 Å². The first kappa shape index (κ1) is 20.9. The number of carbonyl (C=O) groups is 3. The van der Waals surface area contributed by atoms with Crippen LogP contribution in [0.25, 0.3) is 0 Å². The Morgan fingerprint density at radius 3 is 2.68 bits per heavy atom. The van der Waals surface area contributed by atoms with Gasteiger partial charge in [0.1, 0.15) is 11.3 Å². The Kier molecular flexibility index (Phi) is 5.43. The molecule has 4 rings (SSSR count). The van der Waals surface area contributed by atoms with Crippen LogP contribution in [0.4, 0.5) is 11.4 Å². The molecular weight excluding hydrogens is 396 g/mol. The summed E-state index contributed by atoms with van der Waals surface area (Å²) in [5, 5.41) is 2.81. The van der Waals surface area contributed by atoms with Gasteiger partial charge in [-0.2, -0.15) is 0 Å². The Hall–Kier alpha value is -3.35. The van der Waals surface area contributed by atoms with Gasteiger partial charge in [0.25, 0.3) is 5.91 Å². The van der Waals surface area contributed by atoms with Crippen LogP contribution in [-0.2, 0) is 32.0 Å². The van der Waals surface area contributed by atoms with Crippen LogP contribution in [0.1, 0.15) is 38.3 Å². The van der Waals surface area contributed by atoms with Gasteiger partial charge in [-0.05, 0) is 75.4 Å². The minimum absolute atomic E-state index is 0.295. The predicted octanol–water partition coefficient (Wildman–Crippen LogP) is 3.25. The Balaban J connectivity index is 1.42. The second kappa shape index (κ2) is 8.06. The number of anilines is 2. The Morgan fingerprint density at radius 1 is 1.13 bits per heavy atom. The molecule has 0 aromatic heterocycles. The van der Waals surface area contributed by atoms with E-state index in [0.29, 0.717) is 17.1 Å². The van der Waals surface area contributed by atoms with E-state index in [4.69, 9.17) is 9.47 Å². The van der Waals surface area contributed by atoms with E-state index in [2.05, 4.69) is 5.32 Å². The number of benzene rings is 2. The Labute approximate surface area is 181 Å². The number of ether oxygens (including phenoxy) is 2. The first-order valence-corrected chi connectivity index (χ1v) is 10.5. The highest BCUT2D eigenvalue weighted by Crippen LogP contribution is 2.37. The molecule has 0 radical (unpaired) electrons. The summed E-state index contributed by atoms with van der Waals surface area (Å²) in [6.07, 6.45) is 2.15. The average molecular weight is 422 g/mol. The largest absolute Gasteiger partial charge is 0.482 e. The molecule has 31 heavy (non-hydrogen) atoms. The molecule has 0 spiro atoms. The average Bonchev–Trinajstić information content (AvgIpc) is 3.20. The number of nitrogens with zero attached hydrogens (tertiary/aromatic N) is 1. The summed E-state index contributed by atoms with van der Waals surface area (Å²) in [7, 11) is 0. The number of aryl methyl sites for hydroxylation is 2. The molecule has 2 aromatic carbocycles. The van der Waals surface area contributed by atoms with E-state index in [1.807, 2.05) is 18.2 Å². The minimum atomic E-state index is -1.13. The van der Waals surface area contributed by atoms with Crippen molar-refractivity contribution in [2.75, 3.05) is 16.8 Å². The lowest BCUT2D eigenvalue weighted by molar-refractivity contribution is -0.156. The van der Waals surface area contributed by atoms with E-state index >= 15 is 0 Å². The molecule has 0 unspecified atom stereocenters. The first-order valence-electron chi connectivity index (χ1n) is 10.5. The highest BCUT2D eigenvalue weighted by atomic mass is 16.6. The molecule has 1 aliphatic carbocycles. The summed E-state index contributed by atoms with van der Waals surface area (Å²) in [5.41, 5.74) is 2.54. The maximum atomic E-state index is 13.2. The van der Waals surface area contributed by atoms with Gasteiger partial charge < -0.3 is 14.8 Å². The highest BCUT2D eigenvalue weighted by molar-refractivity contribution is 6.15. The number of esters is 1. The van der Waals surface area contributed by atoms with Gasteiger partial charge in [-0.1, -0.05) is 18.2 Å². The molecule has 0 saturated heterocycles. The third-order valence-electron chi connectivity index (χ3n) is 5.81. The van der Waals surface area contributed by atoms with Crippen LogP contribution >= 0.6 is 0 Å². The van der Waals surface area contributed by atoms with Crippen LogP contribution in [0.2, 0.25) is 0 Å². The molecule has 7 heteroatoms. The van der Waals surface area contributed by atoms with Crippen molar-refractivity contribution < 1.29 is 23.9 Å². The van der Waals surface area contributed by atoms with Gasteiger partial charge in [0.05, 0.1) is 11.4 Å². The number of rotatable bonds is 5. The molecule has 1 atom stereocenters. The van der Waals surface area contributed by atoms with Gasteiger partial charge in [-0.3, -0.25) is 14.5 Å². The fraction of sp³-hybridized carbons (Fsp3) is 0.375. The van der Waals surface area contributed by atoms with Crippen molar-refractivity contribution in [1.29, 1.82) is 0 Å². The second-order valence-corrected chi connectivity index (χ2v) is 8.41. The quantitative estimate of drug-likeness (QED) is 0.748. The summed E-state index contributed by atoms with van der Waals surface area (Å²) in [6.45, 7) is 4.51. The zero-order chi connectivity index (χ0) is 22.2. The van der Waals surface area contributed by atoms with E-state index in [0.717, 1.165) is 19.3 Å². The van der Waals surface area contributed by atoms with Crippen molar-refractivity contribution in [2.45, 2.75) is 51.7 Å². The number of fused-ring (bicyclic) bond motifs is 2. The van der Waals surface area contributed by atoms with Gasteiger partial charge in [-0.15, -0.1) is 0 Å². The van der Waals surface area contributed by atoms with Crippen molar-refractivity contribution in [3.63, 3.8) is 0 Å². The van der Waals surface area contributed by atoms with Crippen LogP contribution < -0.4 is 15.0 Å². The summed E-state index contributed by atoms with van der Waals surface area (Å²) >= 11 is 0. The van der Waals surface area contributed by atoms with Gasteiger partial charge >= 0.3 is 5.97 Å². The number of nitrogens with one attached hydrogen (secondary N) is 1. The smallest absolute Gasteiger partial charge is 0.344 e. The number of hydrogen-bond donors (Lipinski definition) is 1. The molecule has 2 aromatic rings. The molecule has 2 amide bonds. The lowest BCUT2D eigenvalue weighted by atomic mass is 9.95. The molecule has 1 heterocycles. The van der Waals surface area contributed by atoms with Gasteiger partial charge in [-0.25, -0.2) is 4.79 Å². The Morgan fingerprint density at radius 2 is 1.87 bits per heavy atom. The molecule has 7 nitrogen and oxygen atoms in total. The highest BCUT2D eigenvalue weighted by Gasteiger charge is 2.45. The van der Waals surface area contributed by atoms with Crippen LogP contribution in [0.3, 0.4) is 0 Å². The molecule has 162 valence electrons. The molecule has 2 aliphatic rings. The van der Waals surface area contributed by atoms with Gasteiger partial charge in [0.15, 0.2) is 12.7 Å². The lowest BCUT2D eigenvalue weighted by Crippen LogP contribution is -2.60. The second-order valence-electron chi connectivity index (χ2n) is 8.41. The van der Waals surface area contributed by atoms with Crippen molar-refractivity contribution in [2.24, 2.45) is 0 Å². The topological polar surface area (TPSA) is 84.9 Å².